The van der Waals surface area contributed by atoms with E-state index in [9.17, 15) is 4.79 Å². The molecule has 3 nitrogen and oxygen atoms in total. The zero-order chi connectivity index (χ0) is 11.4. The van der Waals surface area contributed by atoms with Crippen LogP contribution in [0.15, 0.2) is 12.1 Å². The van der Waals surface area contributed by atoms with Crippen molar-refractivity contribution in [1.82, 2.24) is 0 Å². The molecule has 0 aromatic heterocycles. The van der Waals surface area contributed by atoms with Crippen LogP contribution in [0.4, 0.5) is 4.79 Å². The number of ether oxygens (including phenoxy) is 1. The highest BCUT2D eigenvalue weighted by atomic mass is 127. The van der Waals surface area contributed by atoms with Crippen LogP contribution in [0.5, 0.6) is 5.75 Å². The molecule has 0 aliphatic rings. The second-order valence-corrected chi connectivity index (χ2v) is 3.94. The Balaban J connectivity index is 3.30. The van der Waals surface area contributed by atoms with E-state index in [0.29, 0.717) is 11.3 Å². The van der Waals surface area contributed by atoms with Gasteiger partial charge in [0, 0.05) is 3.57 Å². The lowest BCUT2D eigenvalue weighted by atomic mass is 10.1. The molecular formula is C11H10INO2. The molecule has 1 aromatic carbocycles. The van der Waals surface area contributed by atoms with Crippen molar-refractivity contribution in [3.63, 3.8) is 0 Å². The van der Waals surface area contributed by atoms with Crippen molar-refractivity contribution < 1.29 is 9.53 Å². The molecule has 1 rings (SSSR count). The van der Waals surface area contributed by atoms with Crippen LogP contribution in [0.3, 0.4) is 0 Å². The van der Waals surface area contributed by atoms with E-state index in [1.54, 1.807) is 13.0 Å². The number of hydrogen-bond donors (Lipinski definition) is 1. The average Bonchev–Trinajstić information content (AvgIpc) is 2.17. The van der Waals surface area contributed by atoms with Gasteiger partial charge in [0.2, 0.25) is 0 Å². The highest BCUT2D eigenvalue weighted by Gasteiger charge is 2.10. The standard InChI is InChI=1S/C11H10INO2/c1-3-4-8-9(15-11(13)14)6-5-7(2)10(8)12/h5-6H,1-2H3,(H2,13,14). The van der Waals surface area contributed by atoms with E-state index in [1.165, 1.54) is 0 Å². The molecule has 0 atom stereocenters. The molecule has 0 saturated heterocycles. The third-order valence-electron chi connectivity index (χ3n) is 1.76. The van der Waals surface area contributed by atoms with Crippen LogP contribution in [-0.2, 0) is 0 Å². The Hall–Kier alpha value is -1.22. The molecule has 1 aromatic rings. The van der Waals surface area contributed by atoms with E-state index < -0.39 is 6.09 Å². The quantitative estimate of drug-likeness (QED) is 0.639. The Bertz CT molecular complexity index is 458. The molecule has 0 unspecified atom stereocenters. The molecule has 0 aliphatic heterocycles. The number of carbonyl (C=O) groups excluding carboxylic acids is 1. The molecule has 0 heterocycles. The average molecular weight is 315 g/mol. The van der Waals surface area contributed by atoms with Gasteiger partial charge < -0.3 is 10.5 Å². The van der Waals surface area contributed by atoms with E-state index in [2.05, 4.69) is 34.4 Å². The minimum Gasteiger partial charge on any atom is -0.409 e. The maximum Gasteiger partial charge on any atom is 0.410 e. The highest BCUT2D eigenvalue weighted by Crippen LogP contribution is 2.26. The fourth-order valence-corrected chi connectivity index (χ4v) is 1.68. The van der Waals surface area contributed by atoms with Crippen LogP contribution in [0, 0.1) is 22.3 Å². The summed E-state index contributed by atoms with van der Waals surface area (Å²) in [5.74, 6) is 6.09. The summed E-state index contributed by atoms with van der Waals surface area (Å²) in [6.07, 6.45) is -0.825. The number of benzene rings is 1. The lowest BCUT2D eigenvalue weighted by Crippen LogP contribution is -2.17. The summed E-state index contributed by atoms with van der Waals surface area (Å²) in [6, 6.07) is 3.56. The fraction of sp³-hybridized carbons (Fsp3) is 0.182. The normalized spacial score (nSPS) is 9.00. The molecule has 0 fully saturated rings. The monoisotopic (exact) mass is 315 g/mol. The van der Waals surface area contributed by atoms with Gasteiger partial charge >= 0.3 is 6.09 Å². The third kappa shape index (κ3) is 2.86. The number of hydrogen-bond acceptors (Lipinski definition) is 2. The van der Waals surface area contributed by atoms with Gasteiger partial charge in [0.15, 0.2) is 0 Å². The molecule has 78 valence electrons. The second kappa shape index (κ2) is 5.03. The van der Waals surface area contributed by atoms with E-state index in [1.807, 2.05) is 13.0 Å². The molecule has 0 saturated carbocycles. The predicted molar refractivity (Wildman–Crippen MR) is 66.7 cm³/mol. The maximum absolute atomic E-state index is 10.7. The first-order chi connectivity index (χ1) is 7.06. The van der Waals surface area contributed by atoms with Crippen molar-refractivity contribution in [2.24, 2.45) is 5.73 Å². The van der Waals surface area contributed by atoms with E-state index >= 15 is 0 Å². The van der Waals surface area contributed by atoms with E-state index in [0.717, 1.165) is 9.13 Å². The number of nitrogens with two attached hydrogens (primary N) is 1. The Kier molecular flexibility index (Phi) is 3.97. The molecular weight excluding hydrogens is 305 g/mol. The van der Waals surface area contributed by atoms with Crippen molar-refractivity contribution in [2.45, 2.75) is 13.8 Å². The van der Waals surface area contributed by atoms with Crippen LogP contribution in [-0.4, -0.2) is 6.09 Å². The minimum absolute atomic E-state index is 0.409. The number of aryl methyl sites for hydroxylation is 1. The van der Waals surface area contributed by atoms with Crippen molar-refractivity contribution in [3.8, 4) is 17.6 Å². The Labute approximate surface area is 102 Å². The Morgan fingerprint density at radius 3 is 2.73 bits per heavy atom. The van der Waals surface area contributed by atoms with Crippen molar-refractivity contribution in [3.05, 3.63) is 26.8 Å². The fourth-order valence-electron chi connectivity index (χ4n) is 1.10. The van der Waals surface area contributed by atoms with Crippen molar-refractivity contribution >= 4 is 28.7 Å². The lowest BCUT2D eigenvalue weighted by molar-refractivity contribution is 0.210. The van der Waals surface area contributed by atoms with Crippen LogP contribution in [0.25, 0.3) is 0 Å². The molecule has 0 radical (unpaired) electrons. The van der Waals surface area contributed by atoms with Gasteiger partial charge in [0.05, 0.1) is 5.56 Å². The smallest absolute Gasteiger partial charge is 0.409 e. The largest absolute Gasteiger partial charge is 0.410 e. The summed E-state index contributed by atoms with van der Waals surface area (Å²) in [4.78, 5) is 10.7. The van der Waals surface area contributed by atoms with Gasteiger partial charge in [0.25, 0.3) is 0 Å². The van der Waals surface area contributed by atoms with E-state index in [-0.39, 0.29) is 0 Å². The molecule has 0 bridgehead atoms. The van der Waals surface area contributed by atoms with Crippen LogP contribution in [0.2, 0.25) is 0 Å². The number of halogens is 1. The summed E-state index contributed by atoms with van der Waals surface area (Å²) >= 11 is 2.17. The molecule has 0 spiro atoms. The first-order valence-electron chi connectivity index (χ1n) is 4.25. The number of carbonyl (C=O) groups is 1. The van der Waals surface area contributed by atoms with Gasteiger partial charge in [-0.3, -0.25) is 0 Å². The van der Waals surface area contributed by atoms with Crippen molar-refractivity contribution in [2.75, 3.05) is 0 Å². The summed E-state index contributed by atoms with van der Waals surface area (Å²) in [7, 11) is 0. The number of amides is 1. The van der Waals surface area contributed by atoms with Gasteiger partial charge in [0.1, 0.15) is 5.75 Å². The van der Waals surface area contributed by atoms with Crippen LogP contribution in [0.1, 0.15) is 18.1 Å². The van der Waals surface area contributed by atoms with Crippen LogP contribution >= 0.6 is 22.6 Å². The maximum atomic E-state index is 10.7. The van der Waals surface area contributed by atoms with Gasteiger partial charge in [-0.05, 0) is 48.1 Å². The summed E-state index contributed by atoms with van der Waals surface area (Å²) in [5, 5.41) is 0. The summed E-state index contributed by atoms with van der Waals surface area (Å²) < 4.78 is 5.84. The topological polar surface area (TPSA) is 52.3 Å². The minimum atomic E-state index is -0.825. The molecule has 2 N–H and O–H groups in total. The summed E-state index contributed by atoms with van der Waals surface area (Å²) in [6.45, 7) is 3.70. The second-order valence-electron chi connectivity index (χ2n) is 2.87. The van der Waals surface area contributed by atoms with Crippen LogP contribution < -0.4 is 10.5 Å². The molecule has 1 amide bonds. The van der Waals surface area contributed by atoms with Gasteiger partial charge in [-0.15, -0.1) is 5.92 Å². The highest BCUT2D eigenvalue weighted by molar-refractivity contribution is 14.1. The predicted octanol–water partition coefficient (Wildman–Crippen LogP) is 2.43. The van der Waals surface area contributed by atoms with Gasteiger partial charge in [-0.1, -0.05) is 12.0 Å². The zero-order valence-electron chi connectivity index (χ0n) is 8.43. The molecule has 15 heavy (non-hydrogen) atoms. The SMILES string of the molecule is CC#Cc1c(OC(N)=O)ccc(C)c1I. The zero-order valence-corrected chi connectivity index (χ0v) is 10.6. The molecule has 4 heteroatoms. The summed E-state index contributed by atoms with van der Waals surface area (Å²) in [5.41, 5.74) is 6.76. The molecule has 0 aliphatic carbocycles. The van der Waals surface area contributed by atoms with Crippen molar-refractivity contribution in [1.29, 1.82) is 0 Å². The Morgan fingerprint density at radius 2 is 2.20 bits per heavy atom. The Morgan fingerprint density at radius 1 is 1.53 bits per heavy atom. The van der Waals surface area contributed by atoms with Gasteiger partial charge in [-0.2, -0.15) is 0 Å². The van der Waals surface area contributed by atoms with E-state index in [4.69, 9.17) is 10.5 Å². The third-order valence-corrected chi connectivity index (χ3v) is 3.15. The lowest BCUT2D eigenvalue weighted by Gasteiger charge is -2.07. The first kappa shape index (κ1) is 11.9. The number of primary amides is 1. The number of rotatable bonds is 1. The van der Waals surface area contributed by atoms with Gasteiger partial charge in [-0.25, -0.2) is 4.79 Å². The first-order valence-corrected chi connectivity index (χ1v) is 5.33.